The number of imidazole rings is 1. The van der Waals surface area contributed by atoms with Gasteiger partial charge in [-0.3, -0.25) is 0 Å². The Morgan fingerprint density at radius 1 is 1.50 bits per heavy atom. The molecule has 0 unspecified atom stereocenters. The summed E-state index contributed by atoms with van der Waals surface area (Å²) in [5, 5.41) is 4.01. The van der Waals surface area contributed by atoms with E-state index in [1.807, 2.05) is 24.5 Å². The molecule has 1 aliphatic heterocycles. The second-order valence-corrected chi connectivity index (χ2v) is 3.99. The van der Waals surface area contributed by atoms with Crippen molar-refractivity contribution in [1.29, 1.82) is 0 Å². The van der Waals surface area contributed by atoms with Gasteiger partial charge < -0.3 is 9.72 Å². The zero-order chi connectivity index (χ0) is 9.54. The average molecular weight is 208 g/mol. The maximum absolute atomic E-state index is 6.06. The first-order valence-corrected chi connectivity index (χ1v) is 5.06. The molecule has 3 nitrogen and oxygen atoms in total. The van der Waals surface area contributed by atoms with Crippen LogP contribution >= 0.6 is 11.6 Å². The molecule has 0 atom stereocenters. The Bertz CT molecular complexity index is 473. The Kier molecular flexibility index (Phi) is 1.75. The van der Waals surface area contributed by atoms with Crippen LogP contribution in [0.1, 0.15) is 11.7 Å². The number of nitrogens with one attached hydrogen (secondary N) is 1. The Labute approximate surface area is 86.7 Å². The van der Waals surface area contributed by atoms with Crippen LogP contribution in [-0.2, 0) is 0 Å². The molecule has 0 amide bonds. The molecule has 14 heavy (non-hydrogen) atoms. The summed E-state index contributed by atoms with van der Waals surface area (Å²) in [6, 6.07) is 3.84. The second-order valence-electron chi connectivity index (χ2n) is 3.58. The van der Waals surface area contributed by atoms with E-state index < -0.39 is 0 Å². The van der Waals surface area contributed by atoms with E-state index in [9.17, 15) is 0 Å². The van der Waals surface area contributed by atoms with Crippen LogP contribution in [0.5, 0.6) is 0 Å². The highest BCUT2D eigenvalue weighted by Gasteiger charge is 2.23. The number of hydrogen-bond acceptors (Lipinski definition) is 2. The van der Waals surface area contributed by atoms with Crippen molar-refractivity contribution in [2.24, 2.45) is 0 Å². The largest absolute Gasteiger partial charge is 0.315 e. The average Bonchev–Trinajstić information content (AvgIpc) is 2.48. The number of rotatable bonds is 1. The van der Waals surface area contributed by atoms with Gasteiger partial charge in [-0.15, -0.1) is 0 Å². The fraction of sp³-hybridized carbons (Fsp3) is 0.300. The van der Waals surface area contributed by atoms with E-state index in [0.717, 1.165) is 29.5 Å². The van der Waals surface area contributed by atoms with E-state index >= 15 is 0 Å². The molecule has 0 aliphatic carbocycles. The topological polar surface area (TPSA) is 29.3 Å². The van der Waals surface area contributed by atoms with E-state index in [4.69, 9.17) is 11.6 Å². The van der Waals surface area contributed by atoms with Gasteiger partial charge in [-0.1, -0.05) is 11.6 Å². The Balaban J connectivity index is 2.20. The molecular weight excluding hydrogens is 198 g/mol. The predicted molar refractivity (Wildman–Crippen MR) is 55.8 cm³/mol. The van der Waals surface area contributed by atoms with Gasteiger partial charge in [0.05, 0.1) is 16.7 Å². The monoisotopic (exact) mass is 207 g/mol. The van der Waals surface area contributed by atoms with E-state index in [0.29, 0.717) is 5.92 Å². The van der Waals surface area contributed by atoms with Crippen molar-refractivity contribution >= 4 is 17.1 Å². The van der Waals surface area contributed by atoms with Gasteiger partial charge in [-0.25, -0.2) is 4.98 Å². The number of hydrogen-bond donors (Lipinski definition) is 1. The number of pyridine rings is 1. The number of fused-ring (bicyclic) bond motifs is 1. The van der Waals surface area contributed by atoms with Crippen LogP contribution in [0.15, 0.2) is 24.5 Å². The Hall–Kier alpha value is -1.06. The molecule has 0 bridgehead atoms. The maximum Gasteiger partial charge on any atom is 0.118 e. The fourth-order valence-corrected chi connectivity index (χ4v) is 1.99. The molecule has 0 aromatic carbocycles. The van der Waals surface area contributed by atoms with Crippen LogP contribution in [0.3, 0.4) is 0 Å². The first-order chi connectivity index (χ1) is 6.86. The lowest BCUT2D eigenvalue weighted by Crippen LogP contribution is -2.40. The van der Waals surface area contributed by atoms with E-state index in [-0.39, 0.29) is 0 Å². The van der Waals surface area contributed by atoms with Gasteiger partial charge in [0.2, 0.25) is 0 Å². The normalized spacial score (nSPS) is 17.2. The third-order valence-corrected chi connectivity index (χ3v) is 3.01. The second kappa shape index (κ2) is 2.97. The van der Waals surface area contributed by atoms with Gasteiger partial charge in [0, 0.05) is 25.2 Å². The SMILES string of the molecule is Clc1cccn2c(C3CNC3)ncc12. The molecule has 2 aromatic rings. The highest BCUT2D eigenvalue weighted by molar-refractivity contribution is 6.33. The molecule has 0 spiro atoms. The third-order valence-electron chi connectivity index (χ3n) is 2.69. The summed E-state index contributed by atoms with van der Waals surface area (Å²) in [6.45, 7) is 2.04. The molecule has 3 heterocycles. The van der Waals surface area contributed by atoms with E-state index in [1.54, 1.807) is 0 Å². The van der Waals surface area contributed by atoms with Crippen molar-refractivity contribution in [3.8, 4) is 0 Å². The van der Waals surface area contributed by atoms with Gasteiger partial charge in [-0.05, 0) is 12.1 Å². The van der Waals surface area contributed by atoms with Crippen LogP contribution in [0.25, 0.3) is 5.52 Å². The summed E-state index contributed by atoms with van der Waals surface area (Å²) in [5.74, 6) is 1.65. The predicted octanol–water partition coefficient (Wildman–Crippen LogP) is 1.67. The lowest BCUT2D eigenvalue weighted by atomic mass is 10.0. The summed E-state index contributed by atoms with van der Waals surface area (Å²) >= 11 is 6.06. The minimum Gasteiger partial charge on any atom is -0.315 e. The van der Waals surface area contributed by atoms with Gasteiger partial charge in [0.25, 0.3) is 0 Å². The van der Waals surface area contributed by atoms with Crippen molar-refractivity contribution in [3.05, 3.63) is 35.4 Å². The molecule has 72 valence electrons. The number of halogens is 1. The third kappa shape index (κ3) is 1.06. The minimum atomic E-state index is 0.538. The number of nitrogens with zero attached hydrogens (tertiary/aromatic N) is 2. The first-order valence-electron chi connectivity index (χ1n) is 4.68. The van der Waals surface area contributed by atoms with Crippen LogP contribution in [-0.4, -0.2) is 22.5 Å². The smallest absolute Gasteiger partial charge is 0.118 e. The number of aromatic nitrogens is 2. The van der Waals surface area contributed by atoms with Gasteiger partial charge >= 0.3 is 0 Å². The zero-order valence-corrected chi connectivity index (χ0v) is 8.33. The van der Waals surface area contributed by atoms with Crippen LogP contribution in [0.2, 0.25) is 5.02 Å². The summed E-state index contributed by atoms with van der Waals surface area (Å²) in [5.41, 5.74) is 0.996. The molecule has 1 aliphatic rings. The molecule has 1 saturated heterocycles. The Morgan fingerprint density at radius 3 is 3.07 bits per heavy atom. The first kappa shape index (κ1) is 8.26. The summed E-state index contributed by atoms with van der Waals surface area (Å²) in [4.78, 5) is 4.42. The molecule has 2 aromatic heterocycles. The van der Waals surface area contributed by atoms with Crippen LogP contribution < -0.4 is 5.32 Å². The Morgan fingerprint density at radius 2 is 2.36 bits per heavy atom. The summed E-state index contributed by atoms with van der Waals surface area (Å²) < 4.78 is 2.08. The lowest BCUT2D eigenvalue weighted by molar-refractivity contribution is 0.429. The molecule has 4 heteroatoms. The molecule has 1 fully saturated rings. The van der Waals surface area contributed by atoms with Gasteiger partial charge in [-0.2, -0.15) is 0 Å². The standard InChI is InChI=1S/C10H10ClN3/c11-8-2-1-3-14-9(8)6-13-10(14)7-4-12-5-7/h1-3,6-7,12H,4-5H2. The quantitative estimate of drug-likeness (QED) is 0.771. The molecular formula is C10H10ClN3. The van der Waals surface area contributed by atoms with Crippen molar-refractivity contribution in [1.82, 2.24) is 14.7 Å². The van der Waals surface area contributed by atoms with Crippen molar-refractivity contribution in [2.75, 3.05) is 13.1 Å². The molecule has 1 N–H and O–H groups in total. The summed E-state index contributed by atoms with van der Waals surface area (Å²) in [6.07, 6.45) is 3.86. The lowest BCUT2D eigenvalue weighted by Gasteiger charge is -2.25. The fourth-order valence-electron chi connectivity index (χ4n) is 1.78. The van der Waals surface area contributed by atoms with Crippen molar-refractivity contribution in [2.45, 2.75) is 5.92 Å². The minimum absolute atomic E-state index is 0.538. The van der Waals surface area contributed by atoms with Crippen molar-refractivity contribution < 1.29 is 0 Å². The van der Waals surface area contributed by atoms with E-state index in [1.165, 1.54) is 0 Å². The summed E-state index contributed by atoms with van der Waals surface area (Å²) in [7, 11) is 0. The van der Waals surface area contributed by atoms with Gasteiger partial charge in [0.15, 0.2) is 0 Å². The zero-order valence-electron chi connectivity index (χ0n) is 7.57. The van der Waals surface area contributed by atoms with E-state index in [2.05, 4.69) is 14.7 Å². The molecule has 0 saturated carbocycles. The van der Waals surface area contributed by atoms with Crippen LogP contribution in [0, 0.1) is 0 Å². The van der Waals surface area contributed by atoms with Gasteiger partial charge in [0.1, 0.15) is 5.82 Å². The highest BCUT2D eigenvalue weighted by Crippen LogP contribution is 2.23. The molecule has 0 radical (unpaired) electrons. The van der Waals surface area contributed by atoms with Crippen molar-refractivity contribution in [3.63, 3.8) is 0 Å². The molecule has 3 rings (SSSR count). The van der Waals surface area contributed by atoms with Crippen LogP contribution in [0.4, 0.5) is 0 Å². The highest BCUT2D eigenvalue weighted by atomic mass is 35.5. The maximum atomic E-state index is 6.06.